The number of aromatic nitrogens is 1. The fourth-order valence-electron chi connectivity index (χ4n) is 2.10. The fourth-order valence-corrected chi connectivity index (χ4v) is 2.96. The van der Waals surface area contributed by atoms with Crippen LogP contribution in [0.15, 0.2) is 29.6 Å². The molecule has 1 aromatic heterocycles. The van der Waals surface area contributed by atoms with Crippen molar-refractivity contribution in [3.63, 3.8) is 0 Å². The lowest BCUT2D eigenvalue weighted by atomic mass is 10.2. The van der Waals surface area contributed by atoms with Gasteiger partial charge in [0.05, 0.1) is 5.69 Å². The van der Waals surface area contributed by atoms with Gasteiger partial charge in [-0.25, -0.2) is 9.37 Å². The lowest BCUT2D eigenvalue weighted by molar-refractivity contribution is -0.121. The molecule has 2 aromatic rings. The minimum atomic E-state index is -0.253. The van der Waals surface area contributed by atoms with Crippen molar-refractivity contribution in [3.8, 4) is 10.6 Å². The Hall–Kier alpha value is -1.79. The van der Waals surface area contributed by atoms with Crippen molar-refractivity contribution < 1.29 is 9.18 Å². The molecule has 124 valence electrons. The molecule has 1 aromatic carbocycles. The molecule has 2 rings (SSSR count). The maximum atomic E-state index is 12.9. The van der Waals surface area contributed by atoms with Gasteiger partial charge < -0.3 is 10.2 Å². The van der Waals surface area contributed by atoms with Gasteiger partial charge in [0.25, 0.3) is 0 Å². The van der Waals surface area contributed by atoms with E-state index in [-0.39, 0.29) is 11.7 Å². The summed E-state index contributed by atoms with van der Waals surface area (Å²) in [6.07, 6.45) is 2.01. The third kappa shape index (κ3) is 6.08. The van der Waals surface area contributed by atoms with E-state index in [1.165, 1.54) is 23.5 Å². The molecule has 0 saturated carbocycles. The van der Waals surface area contributed by atoms with E-state index in [9.17, 15) is 9.18 Å². The molecule has 23 heavy (non-hydrogen) atoms. The van der Waals surface area contributed by atoms with Crippen molar-refractivity contribution in [1.82, 2.24) is 15.2 Å². The largest absolute Gasteiger partial charge is 0.356 e. The fraction of sp³-hybridized carbons (Fsp3) is 0.412. The lowest BCUT2D eigenvalue weighted by Gasteiger charge is -2.09. The minimum absolute atomic E-state index is 0.0556. The Balaban J connectivity index is 1.76. The number of benzene rings is 1. The standard InChI is InChI=1S/C17H22FN3OS/c1-21(2)11-3-10-19-16(22)9-8-15-12-23-17(20-15)13-4-6-14(18)7-5-13/h4-7,12H,3,8-11H2,1-2H3,(H,19,22). The van der Waals surface area contributed by atoms with Gasteiger partial charge in [0.2, 0.25) is 5.91 Å². The van der Waals surface area contributed by atoms with Crippen molar-refractivity contribution in [2.45, 2.75) is 19.3 Å². The second kappa shape index (κ2) is 8.74. The minimum Gasteiger partial charge on any atom is -0.356 e. The zero-order valence-electron chi connectivity index (χ0n) is 13.5. The number of nitrogens with zero attached hydrogens (tertiary/aromatic N) is 2. The van der Waals surface area contributed by atoms with Crippen LogP contribution in [0, 0.1) is 5.82 Å². The van der Waals surface area contributed by atoms with E-state index in [2.05, 4.69) is 15.2 Å². The van der Waals surface area contributed by atoms with Crippen LogP contribution >= 0.6 is 11.3 Å². The number of halogens is 1. The molecule has 0 aliphatic carbocycles. The second-order valence-corrected chi connectivity index (χ2v) is 6.52. The molecular weight excluding hydrogens is 313 g/mol. The Morgan fingerprint density at radius 2 is 2.04 bits per heavy atom. The van der Waals surface area contributed by atoms with Crippen LogP contribution in [0.5, 0.6) is 0 Å². The Morgan fingerprint density at radius 3 is 2.74 bits per heavy atom. The number of nitrogens with one attached hydrogen (secondary N) is 1. The zero-order chi connectivity index (χ0) is 16.7. The number of carbonyl (C=O) groups is 1. The highest BCUT2D eigenvalue weighted by atomic mass is 32.1. The first-order valence-corrected chi connectivity index (χ1v) is 8.54. The van der Waals surface area contributed by atoms with E-state index in [4.69, 9.17) is 0 Å². The van der Waals surface area contributed by atoms with Gasteiger partial charge in [-0.2, -0.15) is 0 Å². The summed E-state index contributed by atoms with van der Waals surface area (Å²) in [7, 11) is 4.03. The highest BCUT2D eigenvalue weighted by Gasteiger charge is 2.07. The molecule has 0 fully saturated rings. The second-order valence-electron chi connectivity index (χ2n) is 5.66. The van der Waals surface area contributed by atoms with Gasteiger partial charge in [-0.15, -0.1) is 11.3 Å². The molecule has 6 heteroatoms. The first-order chi connectivity index (χ1) is 11.0. The van der Waals surface area contributed by atoms with E-state index in [1.807, 2.05) is 19.5 Å². The molecule has 1 N–H and O–H groups in total. The molecule has 0 bridgehead atoms. The van der Waals surface area contributed by atoms with Crippen molar-refractivity contribution in [1.29, 1.82) is 0 Å². The van der Waals surface area contributed by atoms with Gasteiger partial charge in [-0.05, 0) is 57.7 Å². The Labute approximate surface area is 140 Å². The van der Waals surface area contributed by atoms with Gasteiger partial charge in [0.1, 0.15) is 10.8 Å². The molecule has 0 atom stereocenters. The SMILES string of the molecule is CN(C)CCCNC(=O)CCc1csc(-c2ccc(F)cc2)n1. The van der Waals surface area contributed by atoms with Crippen LogP contribution in [0.1, 0.15) is 18.5 Å². The summed E-state index contributed by atoms with van der Waals surface area (Å²) < 4.78 is 12.9. The maximum absolute atomic E-state index is 12.9. The number of aryl methyl sites for hydroxylation is 1. The smallest absolute Gasteiger partial charge is 0.220 e. The molecule has 1 amide bonds. The van der Waals surface area contributed by atoms with Gasteiger partial charge in [-0.1, -0.05) is 0 Å². The summed E-state index contributed by atoms with van der Waals surface area (Å²) in [5.74, 6) is -0.198. The number of rotatable bonds is 8. The van der Waals surface area contributed by atoms with Gasteiger partial charge in [0, 0.05) is 23.9 Å². The van der Waals surface area contributed by atoms with E-state index in [0.717, 1.165) is 29.2 Å². The molecular formula is C17H22FN3OS. The Bertz CT molecular complexity index is 625. The number of thiazole rings is 1. The monoisotopic (exact) mass is 335 g/mol. The molecule has 4 nitrogen and oxygen atoms in total. The van der Waals surface area contributed by atoms with E-state index >= 15 is 0 Å². The van der Waals surface area contributed by atoms with Crippen molar-refractivity contribution in [2.24, 2.45) is 0 Å². The van der Waals surface area contributed by atoms with E-state index < -0.39 is 0 Å². The van der Waals surface area contributed by atoms with E-state index in [1.54, 1.807) is 12.1 Å². The molecule has 0 unspecified atom stereocenters. The number of carbonyl (C=O) groups excluding carboxylic acids is 1. The van der Waals surface area contributed by atoms with Crippen LogP contribution in [0.3, 0.4) is 0 Å². The van der Waals surface area contributed by atoms with Crippen LogP contribution in [0.25, 0.3) is 10.6 Å². The van der Waals surface area contributed by atoms with Crippen LogP contribution in [-0.2, 0) is 11.2 Å². The summed E-state index contributed by atoms with van der Waals surface area (Å²) in [6.45, 7) is 1.67. The van der Waals surface area contributed by atoms with Crippen molar-refractivity contribution in [2.75, 3.05) is 27.2 Å². The third-order valence-corrected chi connectivity index (χ3v) is 4.30. The number of hydrogen-bond acceptors (Lipinski definition) is 4. The predicted octanol–water partition coefficient (Wildman–Crippen LogP) is 2.95. The van der Waals surface area contributed by atoms with Crippen LogP contribution in [0.2, 0.25) is 0 Å². The molecule has 0 radical (unpaired) electrons. The van der Waals surface area contributed by atoms with Gasteiger partial charge in [-0.3, -0.25) is 4.79 Å². The zero-order valence-corrected chi connectivity index (χ0v) is 14.3. The van der Waals surface area contributed by atoms with Crippen LogP contribution in [-0.4, -0.2) is 43.0 Å². The normalized spacial score (nSPS) is 11.0. The number of hydrogen-bond donors (Lipinski definition) is 1. The topological polar surface area (TPSA) is 45.2 Å². The summed E-state index contributed by atoms with van der Waals surface area (Å²) in [5, 5.41) is 5.73. The maximum Gasteiger partial charge on any atom is 0.220 e. The van der Waals surface area contributed by atoms with Crippen molar-refractivity contribution >= 4 is 17.2 Å². The third-order valence-electron chi connectivity index (χ3n) is 3.36. The highest BCUT2D eigenvalue weighted by Crippen LogP contribution is 2.24. The average molecular weight is 335 g/mol. The summed E-state index contributed by atoms with van der Waals surface area (Å²) >= 11 is 1.51. The molecule has 1 heterocycles. The summed E-state index contributed by atoms with van der Waals surface area (Å²) in [5.41, 5.74) is 1.80. The quantitative estimate of drug-likeness (QED) is 0.755. The average Bonchev–Trinajstić information content (AvgIpc) is 2.99. The molecule has 0 aliphatic heterocycles. The highest BCUT2D eigenvalue weighted by molar-refractivity contribution is 7.13. The lowest BCUT2D eigenvalue weighted by Crippen LogP contribution is -2.27. The van der Waals surface area contributed by atoms with E-state index in [0.29, 0.717) is 19.4 Å². The predicted molar refractivity (Wildman–Crippen MR) is 92.0 cm³/mol. The first kappa shape index (κ1) is 17.6. The van der Waals surface area contributed by atoms with Crippen LogP contribution in [0.4, 0.5) is 4.39 Å². The summed E-state index contributed by atoms with van der Waals surface area (Å²) in [6, 6.07) is 6.29. The molecule has 0 spiro atoms. The van der Waals surface area contributed by atoms with Crippen molar-refractivity contribution in [3.05, 3.63) is 41.2 Å². The van der Waals surface area contributed by atoms with Gasteiger partial charge in [0.15, 0.2) is 0 Å². The molecule has 0 saturated heterocycles. The first-order valence-electron chi connectivity index (χ1n) is 7.66. The molecule has 0 aliphatic rings. The summed E-state index contributed by atoms with van der Waals surface area (Å²) in [4.78, 5) is 18.4. The van der Waals surface area contributed by atoms with Crippen LogP contribution < -0.4 is 5.32 Å². The van der Waals surface area contributed by atoms with Gasteiger partial charge >= 0.3 is 0 Å². The number of amides is 1. The Kier molecular flexibility index (Phi) is 6.67. The Morgan fingerprint density at radius 1 is 1.30 bits per heavy atom.